The molecule has 2 heteroatoms. The Balaban J connectivity index is 1.84. The monoisotopic (exact) mass is 280 g/mol. The van der Waals surface area contributed by atoms with E-state index in [1.54, 1.807) is 0 Å². The van der Waals surface area contributed by atoms with Gasteiger partial charge in [-0.15, -0.1) is 0 Å². The van der Waals surface area contributed by atoms with E-state index in [-0.39, 0.29) is 0 Å². The van der Waals surface area contributed by atoms with E-state index >= 15 is 0 Å². The molecule has 2 aromatic carbocycles. The number of rotatable bonds is 5. The molecule has 1 unspecified atom stereocenters. The lowest BCUT2D eigenvalue weighted by molar-refractivity contribution is 0.569. The van der Waals surface area contributed by atoms with Gasteiger partial charge in [0.05, 0.1) is 0 Å². The number of hydrogen-bond donors (Lipinski definition) is 1. The summed E-state index contributed by atoms with van der Waals surface area (Å²) in [4.78, 5) is 2.49. The molecule has 0 saturated heterocycles. The third kappa shape index (κ3) is 2.96. The fourth-order valence-corrected chi connectivity index (χ4v) is 3.12. The van der Waals surface area contributed by atoms with Crippen molar-refractivity contribution in [2.75, 3.05) is 11.4 Å². The maximum Gasteiger partial charge on any atom is 0.0436 e. The van der Waals surface area contributed by atoms with Gasteiger partial charge in [0, 0.05) is 24.8 Å². The molecule has 2 aromatic rings. The van der Waals surface area contributed by atoms with Gasteiger partial charge in [0.1, 0.15) is 0 Å². The van der Waals surface area contributed by atoms with Crippen molar-refractivity contribution in [1.82, 2.24) is 5.32 Å². The van der Waals surface area contributed by atoms with Gasteiger partial charge in [0.15, 0.2) is 0 Å². The van der Waals surface area contributed by atoms with Gasteiger partial charge in [0.25, 0.3) is 0 Å². The van der Waals surface area contributed by atoms with Crippen molar-refractivity contribution in [2.24, 2.45) is 0 Å². The Morgan fingerprint density at radius 3 is 2.29 bits per heavy atom. The lowest BCUT2D eigenvalue weighted by Gasteiger charge is -2.25. The second-order valence-electron chi connectivity index (χ2n) is 5.86. The summed E-state index contributed by atoms with van der Waals surface area (Å²) in [6, 6.07) is 18.0. The highest BCUT2D eigenvalue weighted by atomic mass is 15.1. The van der Waals surface area contributed by atoms with Crippen LogP contribution in [-0.2, 0) is 13.1 Å². The van der Waals surface area contributed by atoms with Crippen LogP contribution in [-0.4, -0.2) is 6.54 Å². The van der Waals surface area contributed by atoms with Gasteiger partial charge in [0.2, 0.25) is 0 Å². The molecule has 2 nitrogen and oxygen atoms in total. The Hall–Kier alpha value is -1.80. The summed E-state index contributed by atoms with van der Waals surface area (Å²) in [7, 11) is 0. The normalized spacial score (nSPS) is 15.0. The Morgan fingerprint density at radius 2 is 1.62 bits per heavy atom. The first-order chi connectivity index (χ1) is 10.3. The van der Waals surface area contributed by atoms with Crippen LogP contribution in [0.5, 0.6) is 0 Å². The minimum atomic E-state index is 0.393. The molecular formula is C19H24N2. The topological polar surface area (TPSA) is 15.3 Å². The summed E-state index contributed by atoms with van der Waals surface area (Å²) in [5.74, 6) is 0. The van der Waals surface area contributed by atoms with Crippen molar-refractivity contribution in [3.63, 3.8) is 0 Å². The van der Waals surface area contributed by atoms with Gasteiger partial charge in [-0.05, 0) is 42.6 Å². The molecule has 0 amide bonds. The molecule has 1 aliphatic rings. The van der Waals surface area contributed by atoms with Crippen LogP contribution in [0.2, 0.25) is 0 Å². The maximum atomic E-state index is 3.61. The van der Waals surface area contributed by atoms with E-state index < -0.39 is 0 Å². The van der Waals surface area contributed by atoms with Gasteiger partial charge in [-0.2, -0.15) is 0 Å². The molecule has 0 spiro atoms. The number of nitrogens with zero attached hydrogens (tertiary/aromatic N) is 1. The Kier molecular flexibility index (Phi) is 4.26. The minimum absolute atomic E-state index is 0.393. The van der Waals surface area contributed by atoms with Crippen molar-refractivity contribution in [3.05, 3.63) is 65.2 Å². The minimum Gasteiger partial charge on any atom is -0.363 e. The number of fused-ring (bicyclic) bond motifs is 1. The molecule has 3 rings (SSSR count). The van der Waals surface area contributed by atoms with E-state index in [4.69, 9.17) is 0 Å². The van der Waals surface area contributed by atoms with Crippen molar-refractivity contribution in [2.45, 2.75) is 39.4 Å². The molecule has 0 saturated carbocycles. The van der Waals surface area contributed by atoms with E-state index in [0.29, 0.717) is 6.04 Å². The van der Waals surface area contributed by atoms with Crippen molar-refractivity contribution < 1.29 is 0 Å². The molecule has 0 bridgehead atoms. The zero-order valence-electron chi connectivity index (χ0n) is 13.0. The second-order valence-corrected chi connectivity index (χ2v) is 5.86. The van der Waals surface area contributed by atoms with Crippen LogP contribution in [0.3, 0.4) is 0 Å². The molecule has 110 valence electrons. The molecule has 1 atom stereocenters. The molecule has 1 aliphatic heterocycles. The first-order valence-electron chi connectivity index (χ1n) is 7.93. The van der Waals surface area contributed by atoms with Crippen LogP contribution in [0.25, 0.3) is 0 Å². The number of nitrogens with one attached hydrogen (secondary N) is 1. The standard InChI is InChI=1S/C19H24N2/c1-3-12-20-15(2)18-10-6-7-11-19(18)21-13-16-8-4-5-9-17(16)14-21/h4-11,15,20H,3,12-14H2,1-2H3. The van der Waals surface area contributed by atoms with Crippen molar-refractivity contribution in [3.8, 4) is 0 Å². The second kappa shape index (κ2) is 6.31. The molecular weight excluding hydrogens is 256 g/mol. The van der Waals surface area contributed by atoms with Gasteiger partial charge < -0.3 is 10.2 Å². The number of para-hydroxylation sites is 1. The van der Waals surface area contributed by atoms with E-state index in [9.17, 15) is 0 Å². The third-order valence-corrected chi connectivity index (χ3v) is 4.29. The van der Waals surface area contributed by atoms with Crippen LogP contribution in [0.15, 0.2) is 48.5 Å². The van der Waals surface area contributed by atoms with Gasteiger partial charge in [-0.1, -0.05) is 49.4 Å². The maximum absolute atomic E-state index is 3.61. The molecule has 0 aromatic heterocycles. The zero-order chi connectivity index (χ0) is 14.7. The SMILES string of the molecule is CCCNC(C)c1ccccc1N1Cc2ccccc2C1. The molecule has 0 radical (unpaired) electrons. The Bertz CT molecular complexity index is 581. The smallest absolute Gasteiger partial charge is 0.0436 e. The Morgan fingerprint density at radius 1 is 1.00 bits per heavy atom. The van der Waals surface area contributed by atoms with E-state index in [1.807, 2.05) is 0 Å². The highest BCUT2D eigenvalue weighted by Gasteiger charge is 2.21. The zero-order valence-corrected chi connectivity index (χ0v) is 13.0. The van der Waals surface area contributed by atoms with E-state index in [2.05, 4.69) is 72.6 Å². The quantitative estimate of drug-likeness (QED) is 0.880. The van der Waals surface area contributed by atoms with Crippen molar-refractivity contribution >= 4 is 5.69 Å². The summed E-state index contributed by atoms with van der Waals surface area (Å²) >= 11 is 0. The highest BCUT2D eigenvalue weighted by Crippen LogP contribution is 2.33. The van der Waals surface area contributed by atoms with Crippen LogP contribution in [0.1, 0.15) is 43.0 Å². The average molecular weight is 280 g/mol. The molecule has 21 heavy (non-hydrogen) atoms. The number of hydrogen-bond acceptors (Lipinski definition) is 2. The van der Waals surface area contributed by atoms with Crippen LogP contribution < -0.4 is 10.2 Å². The third-order valence-electron chi connectivity index (χ3n) is 4.29. The Labute approximate surface area is 127 Å². The average Bonchev–Trinajstić information content (AvgIpc) is 2.96. The lowest BCUT2D eigenvalue weighted by Crippen LogP contribution is -2.23. The number of benzene rings is 2. The first kappa shape index (κ1) is 14.2. The van der Waals surface area contributed by atoms with E-state index in [1.165, 1.54) is 28.8 Å². The summed E-state index contributed by atoms with van der Waals surface area (Å²) in [6.07, 6.45) is 1.17. The fourth-order valence-electron chi connectivity index (χ4n) is 3.12. The van der Waals surface area contributed by atoms with Crippen LogP contribution in [0, 0.1) is 0 Å². The van der Waals surface area contributed by atoms with Crippen molar-refractivity contribution in [1.29, 1.82) is 0 Å². The fraction of sp³-hybridized carbons (Fsp3) is 0.368. The first-order valence-corrected chi connectivity index (χ1v) is 7.93. The largest absolute Gasteiger partial charge is 0.363 e. The lowest BCUT2D eigenvalue weighted by atomic mass is 10.0. The van der Waals surface area contributed by atoms with Gasteiger partial charge in [-0.3, -0.25) is 0 Å². The van der Waals surface area contributed by atoms with Gasteiger partial charge >= 0.3 is 0 Å². The van der Waals surface area contributed by atoms with E-state index in [0.717, 1.165) is 19.6 Å². The molecule has 0 fully saturated rings. The predicted octanol–water partition coefficient (Wildman–Crippen LogP) is 4.27. The van der Waals surface area contributed by atoms with Gasteiger partial charge in [-0.25, -0.2) is 0 Å². The molecule has 0 aliphatic carbocycles. The van der Waals surface area contributed by atoms with Crippen LogP contribution in [0.4, 0.5) is 5.69 Å². The highest BCUT2D eigenvalue weighted by molar-refractivity contribution is 5.58. The molecule has 1 heterocycles. The summed E-state index contributed by atoms with van der Waals surface area (Å²) in [5, 5.41) is 3.61. The molecule has 1 N–H and O–H groups in total. The summed E-state index contributed by atoms with van der Waals surface area (Å²) < 4.78 is 0. The van der Waals surface area contributed by atoms with Crippen LogP contribution >= 0.6 is 0 Å². The summed E-state index contributed by atoms with van der Waals surface area (Å²) in [6.45, 7) is 7.58. The summed E-state index contributed by atoms with van der Waals surface area (Å²) in [5.41, 5.74) is 5.69. The number of anilines is 1. The predicted molar refractivity (Wildman–Crippen MR) is 89.5 cm³/mol.